The molecule has 4 atom stereocenters. The van der Waals surface area contributed by atoms with E-state index in [1.165, 1.54) is 24.8 Å². The number of nitrogens with zero attached hydrogens (tertiary/aromatic N) is 3. The van der Waals surface area contributed by atoms with Crippen LogP contribution < -0.4 is 19.5 Å². The fraction of sp³-hybridized carbons (Fsp3) is 0.444. The number of piperidine rings is 1. The lowest BCUT2D eigenvalue weighted by molar-refractivity contribution is -0.136. The Labute approximate surface area is 320 Å². The maximum absolute atomic E-state index is 14.0. The average molecular weight is 733 g/mol. The van der Waals surface area contributed by atoms with Crippen molar-refractivity contribution in [1.29, 1.82) is 0 Å². The Morgan fingerprint density at radius 2 is 1.56 bits per heavy atom. The van der Waals surface area contributed by atoms with E-state index in [4.69, 9.17) is 19.2 Å². The number of hydrogen-bond acceptors (Lipinski definition) is 7. The van der Waals surface area contributed by atoms with Gasteiger partial charge in [0.1, 0.15) is 11.8 Å². The van der Waals surface area contributed by atoms with Gasteiger partial charge in [0, 0.05) is 50.3 Å². The summed E-state index contributed by atoms with van der Waals surface area (Å²) < 4.78 is 16.7. The fourth-order valence-electron chi connectivity index (χ4n) is 7.62. The van der Waals surface area contributed by atoms with E-state index in [0.29, 0.717) is 36.4 Å². The van der Waals surface area contributed by atoms with Crippen LogP contribution in [-0.4, -0.2) is 72.4 Å². The van der Waals surface area contributed by atoms with Crippen molar-refractivity contribution in [3.05, 3.63) is 101 Å². The SMILES string of the molecule is COc1ccc2cc(CC(C)=NC(CC(=O)NC(Cc3ccc(CN4C(C)CCCC4C)cc3)C(=O)N(C)C(C)C)c3ccc4c(c3)OCO4)ccc2c1. The van der Waals surface area contributed by atoms with Gasteiger partial charge in [0.05, 0.1) is 19.6 Å². The van der Waals surface area contributed by atoms with Crippen molar-refractivity contribution < 1.29 is 23.8 Å². The van der Waals surface area contributed by atoms with E-state index in [-0.39, 0.29) is 31.1 Å². The van der Waals surface area contributed by atoms with Crippen molar-refractivity contribution in [3.8, 4) is 17.2 Å². The van der Waals surface area contributed by atoms with Crippen molar-refractivity contribution >= 4 is 28.3 Å². The zero-order valence-electron chi connectivity index (χ0n) is 32.9. The molecule has 286 valence electrons. The summed E-state index contributed by atoms with van der Waals surface area (Å²) in [5.74, 6) is 1.77. The molecule has 0 aliphatic carbocycles. The minimum absolute atomic E-state index is 0.0152. The van der Waals surface area contributed by atoms with Crippen LogP contribution in [0, 0.1) is 0 Å². The topological polar surface area (TPSA) is 92.7 Å². The predicted octanol–water partition coefficient (Wildman–Crippen LogP) is 8.07. The molecule has 4 aromatic carbocycles. The number of rotatable bonds is 14. The first-order valence-electron chi connectivity index (χ1n) is 19.4. The highest BCUT2D eigenvalue weighted by atomic mass is 16.7. The Bertz CT molecular complexity index is 1950. The summed E-state index contributed by atoms with van der Waals surface area (Å²) in [6, 6.07) is 26.5. The van der Waals surface area contributed by atoms with Gasteiger partial charge in [-0.25, -0.2) is 0 Å². The number of benzene rings is 4. The number of methoxy groups -OCH3 is 1. The summed E-state index contributed by atoms with van der Waals surface area (Å²) in [7, 11) is 3.46. The first-order chi connectivity index (χ1) is 26.0. The fourth-order valence-corrected chi connectivity index (χ4v) is 7.62. The van der Waals surface area contributed by atoms with Gasteiger partial charge in [-0.3, -0.25) is 19.5 Å². The highest BCUT2D eigenvalue weighted by molar-refractivity contribution is 5.90. The first-order valence-corrected chi connectivity index (χ1v) is 19.4. The maximum Gasteiger partial charge on any atom is 0.245 e. The molecule has 0 aromatic heterocycles. The van der Waals surface area contributed by atoms with Crippen LogP contribution in [0.2, 0.25) is 0 Å². The quantitative estimate of drug-likeness (QED) is 0.132. The van der Waals surface area contributed by atoms with Crippen molar-refractivity contribution in [2.45, 2.75) is 110 Å². The third-order valence-electron chi connectivity index (χ3n) is 11.1. The average Bonchev–Trinajstić information content (AvgIpc) is 3.64. The number of likely N-dealkylation sites (tertiary alicyclic amines) is 1. The molecule has 54 heavy (non-hydrogen) atoms. The van der Waals surface area contributed by atoms with E-state index in [9.17, 15) is 9.59 Å². The minimum Gasteiger partial charge on any atom is -0.497 e. The standard InChI is InChI=1S/C45H56N4O5/c1-29(2)48(6)45(51)41(23-33-11-13-34(14-12-33)27-49-31(4)9-8-10-32(49)5)47-44(50)26-40(38-18-20-42-43(25-38)54-28-53-42)46-30(3)21-35-15-16-37-24-39(52-7)19-17-36(37)22-35/h11-20,22,24-25,29,31-32,40-41H,8-10,21,23,26-28H2,1-7H3,(H,47,50). The van der Waals surface area contributed by atoms with E-state index >= 15 is 0 Å². The van der Waals surface area contributed by atoms with Gasteiger partial charge in [0.15, 0.2) is 11.5 Å². The van der Waals surface area contributed by atoms with Crippen LogP contribution in [0.15, 0.2) is 83.9 Å². The molecule has 2 heterocycles. The van der Waals surface area contributed by atoms with Gasteiger partial charge in [0.2, 0.25) is 18.6 Å². The highest BCUT2D eigenvalue weighted by Gasteiger charge is 2.28. The number of hydrogen-bond donors (Lipinski definition) is 1. The first kappa shape index (κ1) is 38.8. The van der Waals surface area contributed by atoms with Crippen LogP contribution in [0.1, 0.15) is 88.6 Å². The largest absolute Gasteiger partial charge is 0.497 e. The van der Waals surface area contributed by atoms with Gasteiger partial charge in [0.25, 0.3) is 0 Å². The zero-order chi connectivity index (χ0) is 38.4. The molecule has 4 unspecified atom stereocenters. The molecule has 2 aliphatic heterocycles. The van der Waals surface area contributed by atoms with E-state index < -0.39 is 12.1 Å². The lowest BCUT2D eigenvalue weighted by Gasteiger charge is -2.39. The predicted molar refractivity (Wildman–Crippen MR) is 216 cm³/mol. The Hall–Kier alpha value is -4.89. The number of amides is 2. The van der Waals surface area contributed by atoms with Gasteiger partial charge in [-0.05, 0) is 105 Å². The summed E-state index contributed by atoms with van der Waals surface area (Å²) in [5.41, 5.74) is 5.11. The molecule has 9 heteroatoms. The van der Waals surface area contributed by atoms with E-state index in [2.05, 4.69) is 72.6 Å². The van der Waals surface area contributed by atoms with Crippen molar-refractivity contribution in [2.75, 3.05) is 21.0 Å². The summed E-state index contributed by atoms with van der Waals surface area (Å²) in [6.07, 6.45) is 4.83. The third kappa shape index (κ3) is 9.61. The van der Waals surface area contributed by atoms with Crippen LogP contribution in [0.25, 0.3) is 10.8 Å². The molecule has 2 aliphatic rings. The van der Waals surface area contributed by atoms with Crippen molar-refractivity contribution in [1.82, 2.24) is 15.1 Å². The minimum atomic E-state index is -0.725. The van der Waals surface area contributed by atoms with Gasteiger partial charge in [-0.1, -0.05) is 61.0 Å². The molecular weight excluding hydrogens is 677 g/mol. The van der Waals surface area contributed by atoms with Gasteiger partial charge >= 0.3 is 0 Å². The number of likely N-dealkylation sites (N-methyl/N-ethyl adjacent to an activating group) is 1. The monoisotopic (exact) mass is 732 g/mol. The molecule has 9 nitrogen and oxygen atoms in total. The number of fused-ring (bicyclic) bond motifs is 2. The number of nitrogens with one attached hydrogen (secondary N) is 1. The number of aliphatic imine (C=N–C) groups is 1. The molecule has 0 radical (unpaired) electrons. The molecule has 2 amide bonds. The molecule has 0 spiro atoms. The number of ether oxygens (including phenoxy) is 3. The Balaban J connectivity index is 1.20. The van der Waals surface area contributed by atoms with Crippen LogP contribution in [-0.2, 0) is 29.0 Å². The summed E-state index contributed by atoms with van der Waals surface area (Å²) in [5, 5.41) is 5.35. The lowest BCUT2D eigenvalue weighted by Crippen LogP contribution is -2.50. The second-order valence-electron chi connectivity index (χ2n) is 15.4. The van der Waals surface area contributed by atoms with Gasteiger partial charge < -0.3 is 24.4 Å². The lowest BCUT2D eigenvalue weighted by atomic mass is 9.96. The number of carbonyl (C=O) groups is 2. The Morgan fingerprint density at radius 3 is 2.28 bits per heavy atom. The summed E-state index contributed by atoms with van der Waals surface area (Å²) >= 11 is 0. The van der Waals surface area contributed by atoms with Crippen LogP contribution in [0.5, 0.6) is 17.2 Å². The molecular formula is C45H56N4O5. The van der Waals surface area contributed by atoms with Crippen molar-refractivity contribution in [3.63, 3.8) is 0 Å². The van der Waals surface area contributed by atoms with Crippen LogP contribution >= 0.6 is 0 Å². The molecule has 4 aromatic rings. The molecule has 0 saturated carbocycles. The Morgan fingerprint density at radius 1 is 0.889 bits per heavy atom. The molecule has 0 bridgehead atoms. The van der Waals surface area contributed by atoms with Crippen molar-refractivity contribution in [2.24, 2.45) is 4.99 Å². The second kappa shape index (κ2) is 17.5. The zero-order valence-corrected chi connectivity index (χ0v) is 32.9. The van der Waals surface area contributed by atoms with Crippen LogP contribution in [0.3, 0.4) is 0 Å². The number of carbonyl (C=O) groups excluding carboxylic acids is 2. The van der Waals surface area contributed by atoms with Gasteiger partial charge in [-0.2, -0.15) is 0 Å². The van der Waals surface area contributed by atoms with Gasteiger partial charge in [-0.15, -0.1) is 0 Å². The van der Waals surface area contributed by atoms with E-state index in [0.717, 1.165) is 45.5 Å². The third-order valence-corrected chi connectivity index (χ3v) is 11.1. The molecule has 1 saturated heterocycles. The smallest absolute Gasteiger partial charge is 0.245 e. The van der Waals surface area contributed by atoms with E-state index in [1.807, 2.05) is 51.1 Å². The summed E-state index contributed by atoms with van der Waals surface area (Å²) in [4.78, 5) is 37.3. The molecule has 6 rings (SSSR count). The van der Waals surface area contributed by atoms with Crippen LogP contribution in [0.4, 0.5) is 0 Å². The maximum atomic E-state index is 14.0. The molecule has 1 fully saturated rings. The molecule has 1 N–H and O–H groups in total. The van der Waals surface area contributed by atoms with E-state index in [1.54, 1.807) is 19.1 Å². The second-order valence-corrected chi connectivity index (χ2v) is 15.4. The normalized spacial score (nSPS) is 18.4. The highest BCUT2D eigenvalue weighted by Crippen LogP contribution is 2.36. The summed E-state index contributed by atoms with van der Waals surface area (Å²) in [6.45, 7) is 11.7. The Kier molecular flexibility index (Phi) is 12.6.